The van der Waals surface area contributed by atoms with Gasteiger partial charge >= 0.3 is 0 Å². The fraction of sp³-hybridized carbons (Fsp3) is 0.462. The molecular formula is C13H16FNO3. The molecular weight excluding hydrogens is 237 g/mol. The Morgan fingerprint density at radius 2 is 2.39 bits per heavy atom. The van der Waals surface area contributed by atoms with E-state index in [4.69, 9.17) is 4.74 Å². The maximum atomic E-state index is 13.5. The lowest BCUT2D eigenvalue weighted by atomic mass is 10.1. The largest absolute Gasteiger partial charge is 0.494 e. The highest BCUT2D eigenvalue weighted by Crippen LogP contribution is 2.19. The smallest absolute Gasteiger partial charge is 0.227 e. The Bertz CT molecular complexity index is 450. The molecule has 1 N–H and O–H groups in total. The number of hydrogen-bond donors (Lipinski definition) is 1. The molecule has 0 aromatic heterocycles. The van der Waals surface area contributed by atoms with Crippen molar-refractivity contribution < 1.29 is 19.0 Å². The Kier molecular flexibility index (Phi) is 3.81. The number of ether oxygens (including phenoxy) is 1. The van der Waals surface area contributed by atoms with E-state index in [1.807, 2.05) is 0 Å². The Morgan fingerprint density at radius 1 is 1.61 bits per heavy atom. The number of carbonyl (C=O) groups is 1. The lowest BCUT2D eigenvalue weighted by Crippen LogP contribution is -2.30. The normalized spacial score (nSPS) is 19.1. The van der Waals surface area contributed by atoms with E-state index in [2.05, 4.69) is 0 Å². The molecule has 98 valence electrons. The second-order valence-electron chi connectivity index (χ2n) is 4.43. The number of benzene rings is 1. The standard InChI is InChI=1S/C13H16FNO3/c1-18-12-3-2-9(6-11(12)14)7-13(17)15-5-4-10(16)8-15/h2-3,6,10,16H,4-5,7-8H2,1H3/t10-/m0/s1. The van der Waals surface area contributed by atoms with Gasteiger partial charge in [0, 0.05) is 13.1 Å². The van der Waals surface area contributed by atoms with Crippen molar-refractivity contribution in [3.63, 3.8) is 0 Å². The molecule has 5 heteroatoms. The van der Waals surface area contributed by atoms with Crippen LogP contribution < -0.4 is 4.74 Å². The summed E-state index contributed by atoms with van der Waals surface area (Å²) < 4.78 is 18.3. The van der Waals surface area contributed by atoms with Crippen LogP contribution >= 0.6 is 0 Å². The quantitative estimate of drug-likeness (QED) is 0.873. The summed E-state index contributed by atoms with van der Waals surface area (Å²) in [7, 11) is 1.40. The van der Waals surface area contributed by atoms with Gasteiger partial charge in [-0.3, -0.25) is 4.79 Å². The zero-order chi connectivity index (χ0) is 13.1. The van der Waals surface area contributed by atoms with Crippen molar-refractivity contribution in [1.29, 1.82) is 0 Å². The second kappa shape index (κ2) is 5.35. The first-order valence-corrected chi connectivity index (χ1v) is 5.88. The number of amides is 1. The van der Waals surface area contributed by atoms with E-state index in [9.17, 15) is 14.3 Å². The third-order valence-corrected chi connectivity index (χ3v) is 3.09. The van der Waals surface area contributed by atoms with Gasteiger partial charge in [0.25, 0.3) is 0 Å². The number of nitrogens with zero attached hydrogens (tertiary/aromatic N) is 1. The summed E-state index contributed by atoms with van der Waals surface area (Å²) in [5.74, 6) is -0.386. The first kappa shape index (κ1) is 12.8. The molecule has 0 bridgehead atoms. The van der Waals surface area contributed by atoms with Crippen LogP contribution in [0.15, 0.2) is 18.2 Å². The SMILES string of the molecule is COc1ccc(CC(=O)N2CC[C@H](O)C2)cc1F. The van der Waals surface area contributed by atoms with Crippen LogP contribution in [-0.4, -0.2) is 42.2 Å². The topological polar surface area (TPSA) is 49.8 Å². The minimum absolute atomic E-state index is 0.0869. The van der Waals surface area contributed by atoms with Crippen LogP contribution in [0.4, 0.5) is 4.39 Å². The molecule has 1 aliphatic heterocycles. The van der Waals surface area contributed by atoms with Gasteiger partial charge in [-0.15, -0.1) is 0 Å². The van der Waals surface area contributed by atoms with Crippen molar-refractivity contribution in [2.24, 2.45) is 0 Å². The summed E-state index contributed by atoms with van der Waals surface area (Å²) in [6.45, 7) is 0.941. The summed E-state index contributed by atoms with van der Waals surface area (Å²) in [6, 6.07) is 4.49. The number of β-amino-alcohol motifs (C(OH)–C–C–N with tert-alkyl or cyclic N) is 1. The molecule has 1 amide bonds. The highest BCUT2D eigenvalue weighted by Gasteiger charge is 2.24. The van der Waals surface area contributed by atoms with Crippen LogP contribution in [0.2, 0.25) is 0 Å². The molecule has 1 heterocycles. The number of aliphatic hydroxyl groups is 1. The van der Waals surface area contributed by atoms with Crippen molar-refractivity contribution in [2.75, 3.05) is 20.2 Å². The molecule has 1 atom stereocenters. The number of aliphatic hydroxyl groups excluding tert-OH is 1. The van der Waals surface area contributed by atoms with E-state index < -0.39 is 11.9 Å². The zero-order valence-electron chi connectivity index (χ0n) is 10.2. The number of halogens is 1. The summed E-state index contributed by atoms with van der Waals surface area (Å²) >= 11 is 0. The van der Waals surface area contributed by atoms with Crippen molar-refractivity contribution in [1.82, 2.24) is 4.90 Å². The van der Waals surface area contributed by atoms with Crippen molar-refractivity contribution in [3.05, 3.63) is 29.6 Å². The molecule has 0 spiro atoms. The van der Waals surface area contributed by atoms with Gasteiger partial charge in [-0.05, 0) is 24.1 Å². The van der Waals surface area contributed by atoms with E-state index in [0.29, 0.717) is 25.1 Å². The van der Waals surface area contributed by atoms with E-state index in [-0.39, 0.29) is 18.1 Å². The predicted octanol–water partition coefficient (Wildman–Crippen LogP) is 0.970. The van der Waals surface area contributed by atoms with Crippen LogP contribution in [0.3, 0.4) is 0 Å². The first-order valence-electron chi connectivity index (χ1n) is 5.88. The van der Waals surface area contributed by atoms with Gasteiger partial charge in [0.05, 0.1) is 19.6 Å². The molecule has 1 aromatic carbocycles. The molecule has 1 saturated heterocycles. The molecule has 1 fully saturated rings. The molecule has 1 aliphatic rings. The van der Waals surface area contributed by atoms with Gasteiger partial charge in [-0.1, -0.05) is 6.07 Å². The van der Waals surface area contributed by atoms with Gasteiger partial charge in [0.1, 0.15) is 0 Å². The van der Waals surface area contributed by atoms with Crippen LogP contribution in [0.25, 0.3) is 0 Å². The van der Waals surface area contributed by atoms with E-state index in [1.165, 1.54) is 19.2 Å². The molecule has 0 aliphatic carbocycles. The summed E-state index contributed by atoms with van der Waals surface area (Å²) in [5.41, 5.74) is 0.611. The summed E-state index contributed by atoms with van der Waals surface area (Å²) in [5, 5.41) is 9.36. The lowest BCUT2D eigenvalue weighted by molar-refractivity contribution is -0.129. The minimum atomic E-state index is -0.468. The molecule has 2 rings (SSSR count). The monoisotopic (exact) mass is 253 g/mol. The van der Waals surface area contributed by atoms with Gasteiger partial charge in [-0.2, -0.15) is 0 Å². The molecule has 1 aromatic rings. The van der Waals surface area contributed by atoms with Gasteiger partial charge in [-0.25, -0.2) is 4.39 Å². The molecule has 0 radical (unpaired) electrons. The van der Waals surface area contributed by atoms with Crippen LogP contribution in [0.5, 0.6) is 5.75 Å². The third-order valence-electron chi connectivity index (χ3n) is 3.09. The summed E-state index contributed by atoms with van der Waals surface area (Å²) in [4.78, 5) is 13.5. The molecule has 0 unspecified atom stereocenters. The maximum Gasteiger partial charge on any atom is 0.227 e. The number of rotatable bonds is 3. The van der Waals surface area contributed by atoms with Crippen molar-refractivity contribution in [3.8, 4) is 5.75 Å². The highest BCUT2D eigenvalue weighted by molar-refractivity contribution is 5.79. The Hall–Kier alpha value is -1.62. The number of hydrogen-bond acceptors (Lipinski definition) is 3. The number of carbonyl (C=O) groups excluding carboxylic acids is 1. The average Bonchev–Trinajstić information content (AvgIpc) is 2.76. The Labute approximate surface area is 105 Å². The zero-order valence-corrected chi connectivity index (χ0v) is 10.2. The summed E-state index contributed by atoms with van der Waals surface area (Å²) in [6.07, 6.45) is 0.331. The van der Waals surface area contributed by atoms with E-state index in [1.54, 1.807) is 11.0 Å². The van der Waals surface area contributed by atoms with Crippen LogP contribution in [0.1, 0.15) is 12.0 Å². The maximum absolute atomic E-state index is 13.5. The second-order valence-corrected chi connectivity index (χ2v) is 4.43. The fourth-order valence-electron chi connectivity index (χ4n) is 2.07. The third kappa shape index (κ3) is 2.79. The van der Waals surface area contributed by atoms with Crippen LogP contribution in [-0.2, 0) is 11.2 Å². The van der Waals surface area contributed by atoms with Gasteiger partial charge in [0.15, 0.2) is 11.6 Å². The van der Waals surface area contributed by atoms with Crippen LogP contribution in [0, 0.1) is 5.82 Å². The van der Waals surface area contributed by atoms with E-state index >= 15 is 0 Å². The molecule has 0 saturated carbocycles. The Morgan fingerprint density at radius 3 is 2.94 bits per heavy atom. The predicted molar refractivity (Wildman–Crippen MR) is 63.9 cm³/mol. The van der Waals surface area contributed by atoms with Crippen molar-refractivity contribution in [2.45, 2.75) is 18.9 Å². The van der Waals surface area contributed by atoms with Crippen molar-refractivity contribution >= 4 is 5.91 Å². The van der Waals surface area contributed by atoms with E-state index in [0.717, 1.165) is 0 Å². The lowest BCUT2D eigenvalue weighted by Gasteiger charge is -2.15. The average molecular weight is 253 g/mol. The van der Waals surface area contributed by atoms with Gasteiger partial charge < -0.3 is 14.7 Å². The molecule has 4 nitrogen and oxygen atoms in total. The Balaban J connectivity index is 2.01. The highest BCUT2D eigenvalue weighted by atomic mass is 19.1. The number of likely N-dealkylation sites (tertiary alicyclic amines) is 1. The first-order chi connectivity index (χ1) is 8.60. The fourth-order valence-corrected chi connectivity index (χ4v) is 2.07. The van der Waals surface area contributed by atoms with Gasteiger partial charge in [0.2, 0.25) is 5.91 Å². The minimum Gasteiger partial charge on any atom is -0.494 e. The molecule has 18 heavy (non-hydrogen) atoms. The number of methoxy groups -OCH3 is 1.